The molecule has 0 aromatic heterocycles. The van der Waals surface area contributed by atoms with E-state index < -0.39 is 0 Å². The van der Waals surface area contributed by atoms with Crippen LogP contribution in [0.3, 0.4) is 0 Å². The molecular formula is C11H21N. The summed E-state index contributed by atoms with van der Waals surface area (Å²) in [7, 11) is 0. The van der Waals surface area contributed by atoms with Gasteiger partial charge in [0.2, 0.25) is 0 Å². The van der Waals surface area contributed by atoms with Gasteiger partial charge in [-0.25, -0.2) is 0 Å². The summed E-state index contributed by atoms with van der Waals surface area (Å²) in [6.45, 7) is 8.71. The number of hydrogen-bond donors (Lipinski definition) is 0. The minimum absolute atomic E-state index is 0.772. The molecular weight excluding hydrogens is 146 g/mol. The zero-order valence-electron chi connectivity index (χ0n) is 8.47. The summed E-state index contributed by atoms with van der Waals surface area (Å²) in [4.78, 5) is 2.65. The molecule has 1 saturated heterocycles. The molecule has 2 fully saturated rings. The van der Waals surface area contributed by atoms with E-state index in [-0.39, 0.29) is 0 Å². The Morgan fingerprint density at radius 3 is 2.67 bits per heavy atom. The van der Waals surface area contributed by atoms with Gasteiger partial charge in [-0.2, -0.15) is 0 Å². The number of nitrogens with zero attached hydrogens (tertiary/aromatic N) is 1. The van der Waals surface area contributed by atoms with Crippen LogP contribution in [0, 0.1) is 11.3 Å². The SMILES string of the molecule is CCN1CC(C)CC2(CCC2)C1. The minimum Gasteiger partial charge on any atom is -0.303 e. The maximum absolute atomic E-state index is 2.65. The molecule has 12 heavy (non-hydrogen) atoms. The average Bonchev–Trinajstić information content (AvgIpc) is 2.00. The van der Waals surface area contributed by atoms with Crippen LogP contribution in [-0.4, -0.2) is 24.5 Å². The number of hydrogen-bond acceptors (Lipinski definition) is 1. The maximum Gasteiger partial charge on any atom is 0.00381 e. The van der Waals surface area contributed by atoms with Gasteiger partial charge >= 0.3 is 0 Å². The predicted octanol–water partition coefficient (Wildman–Crippen LogP) is 2.52. The molecule has 1 atom stereocenters. The smallest absolute Gasteiger partial charge is 0.00381 e. The lowest BCUT2D eigenvalue weighted by Crippen LogP contribution is -2.49. The highest BCUT2D eigenvalue weighted by molar-refractivity contribution is 4.94. The largest absolute Gasteiger partial charge is 0.303 e. The van der Waals surface area contributed by atoms with Crippen molar-refractivity contribution in [2.45, 2.75) is 39.5 Å². The molecule has 0 bridgehead atoms. The Bertz CT molecular complexity index is 160. The van der Waals surface area contributed by atoms with Crippen LogP contribution in [0.1, 0.15) is 39.5 Å². The van der Waals surface area contributed by atoms with Gasteiger partial charge in [0.15, 0.2) is 0 Å². The zero-order chi connectivity index (χ0) is 8.60. The predicted molar refractivity (Wildman–Crippen MR) is 52.2 cm³/mol. The van der Waals surface area contributed by atoms with Gasteiger partial charge in [0.05, 0.1) is 0 Å². The summed E-state index contributed by atoms with van der Waals surface area (Å²) in [5.74, 6) is 0.944. The second-order valence-corrected chi connectivity index (χ2v) is 4.99. The van der Waals surface area contributed by atoms with E-state index >= 15 is 0 Å². The van der Waals surface area contributed by atoms with Crippen LogP contribution in [-0.2, 0) is 0 Å². The zero-order valence-corrected chi connectivity index (χ0v) is 8.47. The number of likely N-dealkylation sites (tertiary alicyclic amines) is 1. The molecule has 1 spiro atoms. The molecule has 1 aliphatic carbocycles. The van der Waals surface area contributed by atoms with Crippen LogP contribution in [0.5, 0.6) is 0 Å². The van der Waals surface area contributed by atoms with Gasteiger partial charge in [-0.15, -0.1) is 0 Å². The highest BCUT2D eigenvalue weighted by Crippen LogP contribution is 2.48. The van der Waals surface area contributed by atoms with Crippen molar-refractivity contribution < 1.29 is 0 Å². The molecule has 70 valence electrons. The van der Waals surface area contributed by atoms with E-state index in [1.54, 1.807) is 0 Å². The van der Waals surface area contributed by atoms with E-state index in [2.05, 4.69) is 18.7 Å². The van der Waals surface area contributed by atoms with E-state index in [0.29, 0.717) is 0 Å². The Hall–Kier alpha value is -0.0400. The van der Waals surface area contributed by atoms with Gasteiger partial charge in [0.1, 0.15) is 0 Å². The topological polar surface area (TPSA) is 3.24 Å². The molecule has 1 heteroatoms. The molecule has 0 radical (unpaired) electrons. The van der Waals surface area contributed by atoms with E-state index in [4.69, 9.17) is 0 Å². The van der Waals surface area contributed by atoms with Crippen LogP contribution < -0.4 is 0 Å². The first-order chi connectivity index (χ1) is 5.74. The third kappa shape index (κ3) is 1.39. The Labute approximate surface area is 76.1 Å². The first-order valence-electron chi connectivity index (χ1n) is 5.46. The van der Waals surface area contributed by atoms with Crippen molar-refractivity contribution in [1.82, 2.24) is 4.90 Å². The van der Waals surface area contributed by atoms with Gasteiger partial charge in [-0.1, -0.05) is 20.3 Å². The molecule has 0 N–H and O–H groups in total. The molecule has 0 aromatic rings. The lowest BCUT2D eigenvalue weighted by Gasteiger charge is -2.51. The Balaban J connectivity index is 1.98. The molecule has 1 saturated carbocycles. The van der Waals surface area contributed by atoms with Crippen LogP contribution in [0.15, 0.2) is 0 Å². The normalized spacial score (nSPS) is 35.0. The van der Waals surface area contributed by atoms with Crippen molar-refractivity contribution in [2.24, 2.45) is 11.3 Å². The summed E-state index contributed by atoms with van der Waals surface area (Å²) in [5.41, 5.74) is 0.772. The van der Waals surface area contributed by atoms with Gasteiger partial charge in [0, 0.05) is 13.1 Å². The molecule has 1 aliphatic heterocycles. The third-order valence-electron chi connectivity index (χ3n) is 3.77. The van der Waals surface area contributed by atoms with Gasteiger partial charge < -0.3 is 4.90 Å². The van der Waals surface area contributed by atoms with Crippen molar-refractivity contribution in [2.75, 3.05) is 19.6 Å². The molecule has 1 heterocycles. The summed E-state index contributed by atoms with van der Waals surface area (Å²) < 4.78 is 0. The highest BCUT2D eigenvalue weighted by atomic mass is 15.1. The molecule has 2 rings (SSSR count). The molecule has 1 nitrogen and oxygen atoms in total. The van der Waals surface area contributed by atoms with Crippen LogP contribution >= 0.6 is 0 Å². The Morgan fingerprint density at radius 1 is 1.42 bits per heavy atom. The summed E-state index contributed by atoms with van der Waals surface area (Å²) in [6.07, 6.45) is 6.01. The van der Waals surface area contributed by atoms with E-state index in [9.17, 15) is 0 Å². The van der Waals surface area contributed by atoms with Crippen molar-refractivity contribution in [1.29, 1.82) is 0 Å². The van der Waals surface area contributed by atoms with Crippen molar-refractivity contribution in [3.63, 3.8) is 0 Å². The second-order valence-electron chi connectivity index (χ2n) is 4.99. The molecule has 2 aliphatic rings. The Morgan fingerprint density at radius 2 is 2.17 bits per heavy atom. The van der Waals surface area contributed by atoms with Crippen molar-refractivity contribution in [3.05, 3.63) is 0 Å². The fourth-order valence-corrected chi connectivity index (χ4v) is 3.13. The van der Waals surface area contributed by atoms with Crippen LogP contribution in [0.25, 0.3) is 0 Å². The van der Waals surface area contributed by atoms with Crippen LogP contribution in [0.2, 0.25) is 0 Å². The first-order valence-corrected chi connectivity index (χ1v) is 5.46. The first kappa shape index (κ1) is 8.55. The Kier molecular flexibility index (Phi) is 2.16. The van der Waals surface area contributed by atoms with E-state index in [0.717, 1.165) is 11.3 Å². The summed E-state index contributed by atoms with van der Waals surface area (Å²) >= 11 is 0. The standard InChI is InChI=1S/C11H21N/c1-3-12-8-10(2)7-11(9-12)5-4-6-11/h10H,3-9H2,1-2H3. The lowest BCUT2D eigenvalue weighted by atomic mass is 9.62. The summed E-state index contributed by atoms with van der Waals surface area (Å²) in [6, 6.07) is 0. The molecule has 1 unspecified atom stereocenters. The third-order valence-corrected chi connectivity index (χ3v) is 3.77. The fourth-order valence-electron chi connectivity index (χ4n) is 3.13. The monoisotopic (exact) mass is 167 g/mol. The second kappa shape index (κ2) is 3.02. The molecule has 0 aromatic carbocycles. The van der Waals surface area contributed by atoms with Crippen molar-refractivity contribution >= 4 is 0 Å². The quantitative estimate of drug-likeness (QED) is 0.580. The molecule has 0 amide bonds. The fraction of sp³-hybridized carbons (Fsp3) is 1.00. The van der Waals surface area contributed by atoms with Crippen molar-refractivity contribution in [3.8, 4) is 0 Å². The lowest BCUT2D eigenvalue weighted by molar-refractivity contribution is -0.00328. The van der Waals surface area contributed by atoms with E-state index in [1.807, 2.05) is 0 Å². The highest BCUT2D eigenvalue weighted by Gasteiger charge is 2.42. The average molecular weight is 167 g/mol. The number of piperidine rings is 1. The van der Waals surface area contributed by atoms with Gasteiger partial charge in [-0.05, 0) is 37.1 Å². The van der Waals surface area contributed by atoms with Gasteiger partial charge in [0.25, 0.3) is 0 Å². The minimum atomic E-state index is 0.772. The van der Waals surface area contributed by atoms with Crippen LogP contribution in [0.4, 0.5) is 0 Å². The number of rotatable bonds is 1. The maximum atomic E-state index is 2.65. The van der Waals surface area contributed by atoms with Gasteiger partial charge in [-0.3, -0.25) is 0 Å². The van der Waals surface area contributed by atoms with E-state index in [1.165, 1.54) is 45.3 Å². The summed E-state index contributed by atoms with van der Waals surface area (Å²) in [5, 5.41) is 0.